The second-order valence-corrected chi connectivity index (χ2v) is 3.89. The number of nitrogens with one attached hydrogen (secondary N) is 1. The Labute approximate surface area is 105 Å². The van der Waals surface area contributed by atoms with Gasteiger partial charge in [0, 0.05) is 13.1 Å². The van der Waals surface area contributed by atoms with Gasteiger partial charge in [-0.25, -0.2) is 4.68 Å². The molecule has 0 saturated carbocycles. The van der Waals surface area contributed by atoms with Gasteiger partial charge in [0.2, 0.25) is 5.95 Å². The lowest BCUT2D eigenvalue weighted by atomic mass is 10.1. The molecule has 2 aromatic rings. The fraction of sp³-hybridized carbons (Fsp3) is 0.154. The standard InChI is InChI=1S/C13H14N4O/c1-10(11-6-4-3-5-7-11)8-12(18)16-13-14-9-15-17(13)2/h3-9H,1-2H3,(H,14,15,16,18)/b10-8+. The average Bonchev–Trinajstić information content (AvgIpc) is 2.76. The molecule has 5 heteroatoms. The zero-order chi connectivity index (χ0) is 13.0. The molecule has 1 amide bonds. The van der Waals surface area contributed by atoms with E-state index in [9.17, 15) is 4.79 Å². The van der Waals surface area contributed by atoms with Crippen molar-refractivity contribution in [3.63, 3.8) is 0 Å². The van der Waals surface area contributed by atoms with Crippen LogP contribution in [-0.4, -0.2) is 20.7 Å². The van der Waals surface area contributed by atoms with Gasteiger partial charge in [-0.05, 0) is 18.1 Å². The number of carbonyl (C=O) groups is 1. The third-order valence-corrected chi connectivity index (χ3v) is 2.52. The van der Waals surface area contributed by atoms with E-state index in [2.05, 4.69) is 15.4 Å². The number of anilines is 1. The monoisotopic (exact) mass is 242 g/mol. The first kappa shape index (κ1) is 12.0. The van der Waals surface area contributed by atoms with Gasteiger partial charge in [-0.1, -0.05) is 30.3 Å². The number of aromatic nitrogens is 3. The van der Waals surface area contributed by atoms with Crippen molar-refractivity contribution in [2.45, 2.75) is 6.92 Å². The van der Waals surface area contributed by atoms with Gasteiger partial charge in [-0.15, -0.1) is 0 Å². The number of hydrogen-bond donors (Lipinski definition) is 1. The van der Waals surface area contributed by atoms with Gasteiger partial charge < -0.3 is 0 Å². The van der Waals surface area contributed by atoms with Crippen LogP contribution in [0, 0.1) is 0 Å². The Hall–Kier alpha value is -2.43. The van der Waals surface area contributed by atoms with E-state index in [0.29, 0.717) is 5.95 Å². The van der Waals surface area contributed by atoms with E-state index in [1.807, 2.05) is 37.3 Å². The van der Waals surface area contributed by atoms with Gasteiger partial charge in [0.25, 0.3) is 5.91 Å². The molecule has 18 heavy (non-hydrogen) atoms. The van der Waals surface area contributed by atoms with Crippen molar-refractivity contribution in [3.05, 3.63) is 48.3 Å². The van der Waals surface area contributed by atoms with Crippen molar-refractivity contribution < 1.29 is 4.79 Å². The summed E-state index contributed by atoms with van der Waals surface area (Å²) in [5.41, 5.74) is 1.92. The highest BCUT2D eigenvalue weighted by molar-refractivity contribution is 6.02. The van der Waals surface area contributed by atoms with Crippen LogP contribution in [0.2, 0.25) is 0 Å². The van der Waals surface area contributed by atoms with Crippen LogP contribution in [0.3, 0.4) is 0 Å². The molecule has 0 atom stereocenters. The van der Waals surface area contributed by atoms with E-state index in [1.165, 1.54) is 11.0 Å². The molecule has 2 rings (SSSR count). The highest BCUT2D eigenvalue weighted by atomic mass is 16.1. The largest absolute Gasteiger partial charge is 0.291 e. The Morgan fingerprint density at radius 1 is 1.33 bits per heavy atom. The summed E-state index contributed by atoms with van der Waals surface area (Å²) in [6.45, 7) is 1.89. The highest BCUT2D eigenvalue weighted by Crippen LogP contribution is 2.12. The summed E-state index contributed by atoms with van der Waals surface area (Å²) in [5, 5.41) is 6.54. The number of allylic oxidation sites excluding steroid dienone is 1. The van der Waals surface area contributed by atoms with Crippen LogP contribution in [-0.2, 0) is 11.8 Å². The third-order valence-electron chi connectivity index (χ3n) is 2.52. The number of nitrogens with zero attached hydrogens (tertiary/aromatic N) is 3. The number of hydrogen-bond acceptors (Lipinski definition) is 3. The molecule has 0 radical (unpaired) electrons. The molecule has 1 aromatic heterocycles. The lowest BCUT2D eigenvalue weighted by Gasteiger charge is -2.03. The Kier molecular flexibility index (Phi) is 3.52. The van der Waals surface area contributed by atoms with Gasteiger partial charge in [0.1, 0.15) is 6.33 Å². The van der Waals surface area contributed by atoms with E-state index in [4.69, 9.17) is 0 Å². The van der Waals surface area contributed by atoms with Gasteiger partial charge in [0.05, 0.1) is 0 Å². The van der Waals surface area contributed by atoms with Gasteiger partial charge in [-0.2, -0.15) is 10.1 Å². The maximum absolute atomic E-state index is 11.8. The van der Waals surface area contributed by atoms with Crippen molar-refractivity contribution in [1.82, 2.24) is 14.8 Å². The van der Waals surface area contributed by atoms with E-state index in [0.717, 1.165) is 11.1 Å². The Bertz CT molecular complexity index is 572. The number of carbonyl (C=O) groups excluding carboxylic acids is 1. The lowest BCUT2D eigenvalue weighted by Crippen LogP contribution is -2.12. The first-order valence-electron chi connectivity index (χ1n) is 5.55. The zero-order valence-corrected chi connectivity index (χ0v) is 10.3. The summed E-state index contributed by atoms with van der Waals surface area (Å²) < 4.78 is 1.50. The van der Waals surface area contributed by atoms with Crippen molar-refractivity contribution in [2.24, 2.45) is 7.05 Å². The smallest absolute Gasteiger partial charge is 0.250 e. The van der Waals surface area contributed by atoms with Crippen molar-refractivity contribution in [2.75, 3.05) is 5.32 Å². The normalized spacial score (nSPS) is 11.3. The maximum atomic E-state index is 11.8. The summed E-state index contributed by atoms with van der Waals surface area (Å²) >= 11 is 0. The molecule has 0 unspecified atom stereocenters. The maximum Gasteiger partial charge on any atom is 0.250 e. The van der Waals surface area contributed by atoms with Gasteiger partial charge >= 0.3 is 0 Å². The SMILES string of the molecule is C/C(=C\C(=O)Nc1ncnn1C)c1ccccc1. The summed E-state index contributed by atoms with van der Waals surface area (Å²) in [7, 11) is 1.72. The molecule has 0 aliphatic rings. The summed E-state index contributed by atoms with van der Waals surface area (Å²) in [5.74, 6) is 0.213. The molecular weight excluding hydrogens is 228 g/mol. The van der Waals surface area contributed by atoms with E-state index in [1.54, 1.807) is 13.1 Å². The van der Waals surface area contributed by atoms with Gasteiger partial charge in [-0.3, -0.25) is 10.1 Å². The Balaban J connectivity index is 2.09. The zero-order valence-electron chi connectivity index (χ0n) is 10.3. The number of rotatable bonds is 3. The first-order valence-corrected chi connectivity index (χ1v) is 5.55. The number of amides is 1. The molecule has 0 aliphatic carbocycles. The second kappa shape index (κ2) is 5.27. The molecule has 0 aliphatic heterocycles. The predicted molar refractivity (Wildman–Crippen MR) is 69.7 cm³/mol. The summed E-state index contributed by atoms with van der Waals surface area (Å²) in [4.78, 5) is 15.7. The number of aryl methyl sites for hydroxylation is 1. The molecule has 0 fully saturated rings. The highest BCUT2D eigenvalue weighted by Gasteiger charge is 2.04. The quantitative estimate of drug-likeness (QED) is 0.836. The third kappa shape index (κ3) is 2.82. The molecule has 1 heterocycles. The van der Waals surface area contributed by atoms with Crippen LogP contribution >= 0.6 is 0 Å². The van der Waals surface area contributed by atoms with Crippen LogP contribution in [0.25, 0.3) is 5.57 Å². The van der Waals surface area contributed by atoms with Gasteiger partial charge in [0.15, 0.2) is 0 Å². The fourth-order valence-corrected chi connectivity index (χ4v) is 1.54. The first-order chi connectivity index (χ1) is 8.66. The molecule has 0 spiro atoms. The van der Waals surface area contributed by atoms with Crippen LogP contribution < -0.4 is 5.32 Å². The molecule has 1 aromatic carbocycles. The van der Waals surface area contributed by atoms with Crippen LogP contribution in [0.1, 0.15) is 12.5 Å². The topological polar surface area (TPSA) is 59.8 Å². The van der Waals surface area contributed by atoms with Crippen LogP contribution in [0.4, 0.5) is 5.95 Å². The van der Waals surface area contributed by atoms with E-state index in [-0.39, 0.29) is 5.91 Å². The Morgan fingerprint density at radius 3 is 2.67 bits per heavy atom. The van der Waals surface area contributed by atoms with E-state index >= 15 is 0 Å². The molecule has 0 saturated heterocycles. The van der Waals surface area contributed by atoms with Crippen LogP contribution in [0.15, 0.2) is 42.7 Å². The molecular formula is C13H14N4O. The minimum absolute atomic E-state index is 0.215. The molecule has 0 bridgehead atoms. The minimum Gasteiger partial charge on any atom is -0.291 e. The lowest BCUT2D eigenvalue weighted by molar-refractivity contribution is -0.111. The predicted octanol–water partition coefficient (Wildman–Crippen LogP) is 1.86. The Morgan fingerprint density at radius 2 is 2.06 bits per heavy atom. The molecule has 1 N–H and O–H groups in total. The summed E-state index contributed by atoms with van der Waals surface area (Å²) in [6.07, 6.45) is 2.94. The van der Waals surface area contributed by atoms with E-state index < -0.39 is 0 Å². The minimum atomic E-state index is -0.215. The molecule has 5 nitrogen and oxygen atoms in total. The van der Waals surface area contributed by atoms with Crippen molar-refractivity contribution in [3.8, 4) is 0 Å². The van der Waals surface area contributed by atoms with Crippen molar-refractivity contribution in [1.29, 1.82) is 0 Å². The van der Waals surface area contributed by atoms with Crippen molar-refractivity contribution >= 4 is 17.4 Å². The fourth-order valence-electron chi connectivity index (χ4n) is 1.54. The average molecular weight is 242 g/mol. The summed E-state index contributed by atoms with van der Waals surface area (Å²) in [6, 6.07) is 9.74. The van der Waals surface area contributed by atoms with Crippen LogP contribution in [0.5, 0.6) is 0 Å². The molecule has 92 valence electrons. The second-order valence-electron chi connectivity index (χ2n) is 3.89. The number of benzene rings is 1.